The van der Waals surface area contributed by atoms with Crippen molar-refractivity contribution in [2.24, 2.45) is 0 Å². The number of hydrogen-bond acceptors (Lipinski definition) is 4. The molecule has 0 amide bonds. The first-order chi connectivity index (χ1) is 11.0. The van der Waals surface area contributed by atoms with E-state index in [-0.39, 0.29) is 6.61 Å². The third kappa shape index (κ3) is 5.18. The topological polar surface area (TPSA) is 59.1 Å². The van der Waals surface area contributed by atoms with Crippen molar-refractivity contribution in [2.75, 3.05) is 13.2 Å². The largest absolute Gasteiger partial charge is 0.396 e. The molecule has 0 aliphatic carbocycles. The summed E-state index contributed by atoms with van der Waals surface area (Å²) in [5.41, 5.74) is 4.45. The van der Waals surface area contributed by atoms with E-state index in [0.29, 0.717) is 0 Å². The van der Waals surface area contributed by atoms with Crippen LogP contribution in [-0.4, -0.2) is 42.7 Å². The summed E-state index contributed by atoms with van der Waals surface area (Å²) in [6.07, 6.45) is 2.98. The summed E-state index contributed by atoms with van der Waals surface area (Å²) in [6, 6.07) is 4.21. The highest BCUT2D eigenvalue weighted by molar-refractivity contribution is 5.07. The molecule has 2 aromatic rings. The molecule has 0 aliphatic rings. The maximum atomic E-state index is 8.94. The summed E-state index contributed by atoms with van der Waals surface area (Å²) in [4.78, 5) is 2.36. The van der Waals surface area contributed by atoms with Crippen LogP contribution in [0.4, 0.5) is 0 Å². The lowest BCUT2D eigenvalue weighted by molar-refractivity contribution is 0.145. The Morgan fingerprint density at radius 3 is 1.78 bits per heavy atom. The third-order valence-electron chi connectivity index (χ3n) is 4.01. The van der Waals surface area contributed by atoms with Crippen molar-refractivity contribution < 1.29 is 5.11 Å². The number of aryl methyl sites for hydroxylation is 4. The zero-order valence-electron chi connectivity index (χ0n) is 14.8. The van der Waals surface area contributed by atoms with Gasteiger partial charge in [-0.1, -0.05) is 0 Å². The van der Waals surface area contributed by atoms with Crippen molar-refractivity contribution in [1.82, 2.24) is 24.5 Å². The van der Waals surface area contributed by atoms with E-state index in [4.69, 9.17) is 5.11 Å². The van der Waals surface area contributed by atoms with E-state index in [9.17, 15) is 0 Å². The summed E-state index contributed by atoms with van der Waals surface area (Å²) in [7, 11) is 0. The SMILES string of the molecule is Cc1cc(C)n(CN(CCCCCO)Cn2nc(C)cc2C)n1. The molecule has 2 rings (SSSR count). The number of unbranched alkanes of at least 4 members (excludes halogenated alkanes) is 2. The molecule has 0 spiro atoms. The molecule has 0 bridgehead atoms. The fourth-order valence-corrected chi connectivity index (χ4v) is 2.83. The second kappa shape index (κ2) is 8.26. The smallest absolute Gasteiger partial charge is 0.0946 e. The van der Waals surface area contributed by atoms with Crippen LogP contribution in [0, 0.1) is 27.7 Å². The van der Waals surface area contributed by atoms with Gasteiger partial charge in [0, 0.05) is 24.5 Å². The lowest BCUT2D eigenvalue weighted by atomic mass is 10.2. The number of aliphatic hydroxyl groups excluding tert-OH is 1. The Morgan fingerprint density at radius 2 is 1.39 bits per heavy atom. The van der Waals surface area contributed by atoms with Crippen molar-refractivity contribution in [3.63, 3.8) is 0 Å². The molecule has 6 nitrogen and oxygen atoms in total. The molecular formula is C17H29N5O. The molecule has 0 unspecified atom stereocenters. The normalized spacial score (nSPS) is 11.6. The van der Waals surface area contributed by atoms with Gasteiger partial charge in [-0.05, 0) is 59.1 Å². The van der Waals surface area contributed by atoms with Gasteiger partial charge in [-0.3, -0.25) is 14.3 Å². The molecule has 0 aromatic carbocycles. The van der Waals surface area contributed by atoms with E-state index in [1.165, 1.54) is 11.4 Å². The van der Waals surface area contributed by atoms with E-state index >= 15 is 0 Å². The summed E-state index contributed by atoms with van der Waals surface area (Å²) >= 11 is 0. The van der Waals surface area contributed by atoms with E-state index in [2.05, 4.69) is 41.1 Å². The van der Waals surface area contributed by atoms with Gasteiger partial charge in [-0.25, -0.2) is 0 Å². The molecule has 2 heterocycles. The van der Waals surface area contributed by atoms with Crippen LogP contribution in [0.5, 0.6) is 0 Å². The van der Waals surface area contributed by atoms with Gasteiger partial charge in [-0.15, -0.1) is 0 Å². The van der Waals surface area contributed by atoms with E-state index in [1.807, 2.05) is 23.2 Å². The summed E-state index contributed by atoms with van der Waals surface area (Å²) in [5, 5.41) is 18.1. The Hall–Kier alpha value is -1.66. The number of nitrogens with zero attached hydrogens (tertiary/aromatic N) is 5. The predicted molar refractivity (Wildman–Crippen MR) is 91.0 cm³/mol. The lowest BCUT2D eigenvalue weighted by Crippen LogP contribution is -2.31. The molecule has 0 radical (unpaired) electrons. The Labute approximate surface area is 138 Å². The molecule has 6 heteroatoms. The van der Waals surface area contributed by atoms with Gasteiger partial charge >= 0.3 is 0 Å². The van der Waals surface area contributed by atoms with E-state index in [1.54, 1.807) is 0 Å². The molecule has 128 valence electrons. The number of hydrogen-bond donors (Lipinski definition) is 1. The van der Waals surface area contributed by atoms with Crippen LogP contribution < -0.4 is 0 Å². The van der Waals surface area contributed by atoms with E-state index < -0.39 is 0 Å². The number of rotatable bonds is 9. The average Bonchev–Trinajstić information content (AvgIpc) is 2.96. The minimum atomic E-state index is 0.273. The highest BCUT2D eigenvalue weighted by Crippen LogP contribution is 2.09. The maximum absolute atomic E-state index is 8.94. The van der Waals surface area contributed by atoms with Crippen LogP contribution in [0.15, 0.2) is 12.1 Å². The van der Waals surface area contributed by atoms with Crippen LogP contribution in [0.1, 0.15) is 42.0 Å². The Bertz CT molecular complexity index is 568. The van der Waals surface area contributed by atoms with Crippen molar-refractivity contribution in [1.29, 1.82) is 0 Å². The summed E-state index contributed by atoms with van der Waals surface area (Å²) in [5.74, 6) is 0. The minimum Gasteiger partial charge on any atom is -0.396 e. The predicted octanol–water partition coefficient (Wildman–Crippen LogP) is 2.39. The fraction of sp³-hybridized carbons (Fsp3) is 0.647. The fourth-order valence-electron chi connectivity index (χ4n) is 2.83. The minimum absolute atomic E-state index is 0.273. The van der Waals surface area contributed by atoms with Crippen molar-refractivity contribution in [3.8, 4) is 0 Å². The zero-order valence-corrected chi connectivity index (χ0v) is 14.8. The molecule has 0 fully saturated rings. The molecule has 0 atom stereocenters. The zero-order chi connectivity index (χ0) is 16.8. The summed E-state index contributed by atoms with van der Waals surface area (Å²) < 4.78 is 4.10. The first-order valence-corrected chi connectivity index (χ1v) is 8.35. The van der Waals surface area contributed by atoms with Gasteiger partial charge in [0.1, 0.15) is 0 Å². The Balaban J connectivity index is 2.04. The molecule has 0 aliphatic heterocycles. The van der Waals surface area contributed by atoms with Crippen molar-refractivity contribution in [3.05, 3.63) is 34.9 Å². The van der Waals surface area contributed by atoms with Gasteiger partial charge in [0.2, 0.25) is 0 Å². The number of aliphatic hydroxyl groups is 1. The first-order valence-electron chi connectivity index (χ1n) is 8.35. The third-order valence-corrected chi connectivity index (χ3v) is 4.01. The van der Waals surface area contributed by atoms with Crippen LogP contribution >= 0.6 is 0 Å². The Kier molecular flexibility index (Phi) is 6.36. The van der Waals surface area contributed by atoms with Crippen molar-refractivity contribution in [2.45, 2.75) is 60.3 Å². The molecule has 23 heavy (non-hydrogen) atoms. The maximum Gasteiger partial charge on any atom is 0.0946 e. The molecule has 2 aromatic heterocycles. The second-order valence-electron chi connectivity index (χ2n) is 6.31. The van der Waals surface area contributed by atoms with Crippen LogP contribution in [0.3, 0.4) is 0 Å². The van der Waals surface area contributed by atoms with Crippen molar-refractivity contribution >= 4 is 0 Å². The van der Waals surface area contributed by atoms with E-state index in [0.717, 1.165) is 50.5 Å². The van der Waals surface area contributed by atoms with Gasteiger partial charge < -0.3 is 5.11 Å². The number of aromatic nitrogens is 4. The molecule has 0 saturated heterocycles. The molecular weight excluding hydrogens is 290 g/mol. The Morgan fingerprint density at radius 1 is 0.870 bits per heavy atom. The second-order valence-corrected chi connectivity index (χ2v) is 6.31. The van der Waals surface area contributed by atoms with Crippen LogP contribution in [0.25, 0.3) is 0 Å². The van der Waals surface area contributed by atoms with Gasteiger partial charge in [0.05, 0.1) is 24.7 Å². The van der Waals surface area contributed by atoms with Crippen LogP contribution in [-0.2, 0) is 13.3 Å². The quantitative estimate of drug-likeness (QED) is 0.721. The highest BCUT2D eigenvalue weighted by Gasteiger charge is 2.11. The van der Waals surface area contributed by atoms with Gasteiger partial charge in [-0.2, -0.15) is 10.2 Å². The molecule has 0 saturated carbocycles. The molecule has 1 N–H and O–H groups in total. The average molecular weight is 319 g/mol. The standard InChI is InChI=1S/C17H29N5O/c1-14-10-16(3)21(18-14)12-20(8-6-5-7-9-23)13-22-17(4)11-15(2)19-22/h10-11,23H,5-9,12-13H2,1-4H3. The summed E-state index contributed by atoms with van der Waals surface area (Å²) in [6.45, 7) is 11.0. The highest BCUT2D eigenvalue weighted by atomic mass is 16.2. The first kappa shape index (κ1) is 17.7. The van der Waals surface area contributed by atoms with Gasteiger partial charge in [0.25, 0.3) is 0 Å². The van der Waals surface area contributed by atoms with Crippen LogP contribution in [0.2, 0.25) is 0 Å². The monoisotopic (exact) mass is 319 g/mol. The lowest BCUT2D eigenvalue weighted by Gasteiger charge is -2.23. The van der Waals surface area contributed by atoms with Gasteiger partial charge in [0.15, 0.2) is 0 Å².